The highest BCUT2D eigenvalue weighted by molar-refractivity contribution is 8.00. The van der Waals surface area contributed by atoms with E-state index in [2.05, 4.69) is 6.92 Å². The molecular weight excluding hydrogens is 146 g/mol. The summed E-state index contributed by atoms with van der Waals surface area (Å²) in [5.41, 5.74) is 0. The predicted octanol–water partition coefficient (Wildman–Crippen LogP) is 0.970. The van der Waals surface area contributed by atoms with Crippen LogP contribution in [0.5, 0.6) is 0 Å². The summed E-state index contributed by atoms with van der Waals surface area (Å²) in [5.74, 6) is 0.948. The van der Waals surface area contributed by atoms with E-state index in [0.29, 0.717) is 11.0 Å². The Kier molecular flexibility index (Phi) is 2.60. The van der Waals surface area contributed by atoms with Crippen molar-refractivity contribution in [2.24, 2.45) is 0 Å². The summed E-state index contributed by atoms with van der Waals surface area (Å²) in [6.45, 7) is 3.10. The number of nitrogens with zero attached hydrogens (tertiary/aromatic N) is 1. The van der Waals surface area contributed by atoms with Crippen molar-refractivity contribution in [3.8, 4) is 0 Å². The van der Waals surface area contributed by atoms with Gasteiger partial charge < -0.3 is 4.90 Å². The Labute approximate surface area is 66.0 Å². The third kappa shape index (κ3) is 1.66. The zero-order chi connectivity index (χ0) is 7.56. The van der Waals surface area contributed by atoms with Crippen LogP contribution in [0, 0.1) is 0 Å². The molecule has 58 valence electrons. The number of hydrogen-bond donors (Lipinski definition) is 0. The molecule has 1 aliphatic heterocycles. The number of carbonyl (C=O) groups is 1. The molecule has 3 heteroatoms. The van der Waals surface area contributed by atoms with Crippen LogP contribution in [0.4, 0.5) is 0 Å². The summed E-state index contributed by atoms with van der Waals surface area (Å²) in [5, 5.41) is 0.669. The molecule has 0 aliphatic carbocycles. The molecule has 0 aromatic heterocycles. The third-order valence-electron chi connectivity index (χ3n) is 1.80. The molecule has 1 atom stereocenters. The van der Waals surface area contributed by atoms with E-state index >= 15 is 0 Å². The highest BCUT2D eigenvalue weighted by atomic mass is 32.2. The quantitative estimate of drug-likeness (QED) is 0.568. The average Bonchev–Trinajstić information content (AvgIpc) is 1.95. The number of carbonyl (C=O) groups excluding carboxylic acids is 1. The zero-order valence-corrected chi connectivity index (χ0v) is 7.28. The van der Waals surface area contributed by atoms with Gasteiger partial charge in [-0.3, -0.25) is 4.79 Å². The molecule has 0 spiro atoms. The molecule has 2 nitrogen and oxygen atoms in total. The van der Waals surface area contributed by atoms with Crippen LogP contribution in [0.2, 0.25) is 0 Å². The fraction of sp³-hybridized carbons (Fsp3) is 0.857. The van der Waals surface area contributed by atoms with E-state index in [4.69, 9.17) is 0 Å². The lowest BCUT2D eigenvalue weighted by Crippen LogP contribution is -2.39. The first-order valence-corrected chi connectivity index (χ1v) is 4.64. The molecule has 0 aromatic rings. The molecular formula is C7H13NOS. The van der Waals surface area contributed by atoms with Gasteiger partial charge in [0.15, 0.2) is 0 Å². The van der Waals surface area contributed by atoms with Gasteiger partial charge in [-0.2, -0.15) is 0 Å². The Hall–Kier alpha value is -0.180. The fourth-order valence-electron chi connectivity index (χ4n) is 1.01. The Morgan fingerprint density at radius 2 is 2.50 bits per heavy atom. The number of amides is 1. The van der Waals surface area contributed by atoms with Crippen molar-refractivity contribution in [3.63, 3.8) is 0 Å². The molecule has 1 aliphatic rings. The van der Waals surface area contributed by atoms with Crippen molar-refractivity contribution in [2.75, 3.05) is 19.3 Å². The first kappa shape index (κ1) is 7.92. The van der Waals surface area contributed by atoms with E-state index in [-0.39, 0.29) is 5.91 Å². The summed E-state index contributed by atoms with van der Waals surface area (Å²) in [6.07, 6.45) is 1.17. The summed E-state index contributed by atoms with van der Waals surface area (Å²) < 4.78 is 0. The van der Waals surface area contributed by atoms with Gasteiger partial charge in [-0.05, 0) is 6.42 Å². The van der Waals surface area contributed by atoms with Gasteiger partial charge in [0.25, 0.3) is 0 Å². The van der Waals surface area contributed by atoms with Gasteiger partial charge in [-0.1, -0.05) is 6.92 Å². The first-order chi connectivity index (χ1) is 4.74. The summed E-state index contributed by atoms with van der Waals surface area (Å²) in [4.78, 5) is 12.8. The molecule has 1 fully saturated rings. The molecule has 1 amide bonds. The second-order valence-corrected chi connectivity index (χ2v) is 3.90. The topological polar surface area (TPSA) is 20.3 Å². The maximum atomic E-state index is 11.0. The highest BCUT2D eigenvalue weighted by Crippen LogP contribution is 2.20. The van der Waals surface area contributed by atoms with Gasteiger partial charge in [0.2, 0.25) is 5.91 Å². The second kappa shape index (κ2) is 3.28. The van der Waals surface area contributed by atoms with Crippen LogP contribution in [-0.2, 0) is 4.79 Å². The Morgan fingerprint density at radius 3 is 3.00 bits per heavy atom. The van der Waals surface area contributed by atoms with Gasteiger partial charge in [0, 0.05) is 18.8 Å². The Bertz CT molecular complexity index is 138. The second-order valence-electron chi connectivity index (χ2n) is 2.62. The monoisotopic (exact) mass is 159 g/mol. The van der Waals surface area contributed by atoms with Gasteiger partial charge in [-0.15, -0.1) is 11.8 Å². The van der Waals surface area contributed by atoms with Crippen molar-refractivity contribution < 1.29 is 4.79 Å². The van der Waals surface area contributed by atoms with Crippen molar-refractivity contribution in [2.45, 2.75) is 18.6 Å². The van der Waals surface area contributed by atoms with Gasteiger partial charge in [-0.25, -0.2) is 0 Å². The van der Waals surface area contributed by atoms with E-state index in [1.165, 1.54) is 6.42 Å². The van der Waals surface area contributed by atoms with Gasteiger partial charge >= 0.3 is 0 Å². The summed E-state index contributed by atoms with van der Waals surface area (Å²) in [7, 11) is 1.88. The normalized spacial score (nSPS) is 27.2. The van der Waals surface area contributed by atoms with Crippen LogP contribution in [0.25, 0.3) is 0 Å². The van der Waals surface area contributed by atoms with Crippen LogP contribution in [0.1, 0.15) is 13.3 Å². The maximum absolute atomic E-state index is 11.0. The number of thioether (sulfide) groups is 1. The SMILES string of the molecule is CCC1CN(C)C(=O)CS1. The minimum Gasteiger partial charge on any atom is -0.344 e. The third-order valence-corrected chi connectivity index (χ3v) is 3.17. The molecule has 1 heterocycles. The van der Waals surface area contributed by atoms with Crippen LogP contribution in [0.15, 0.2) is 0 Å². The van der Waals surface area contributed by atoms with Crippen molar-refractivity contribution in [1.82, 2.24) is 4.90 Å². The van der Waals surface area contributed by atoms with Crippen LogP contribution in [0.3, 0.4) is 0 Å². The van der Waals surface area contributed by atoms with Crippen LogP contribution in [-0.4, -0.2) is 35.4 Å². The first-order valence-electron chi connectivity index (χ1n) is 3.59. The van der Waals surface area contributed by atoms with Crippen molar-refractivity contribution in [3.05, 3.63) is 0 Å². The number of hydrogen-bond acceptors (Lipinski definition) is 2. The average molecular weight is 159 g/mol. The molecule has 0 N–H and O–H groups in total. The molecule has 0 bridgehead atoms. The lowest BCUT2D eigenvalue weighted by atomic mass is 10.3. The van der Waals surface area contributed by atoms with E-state index < -0.39 is 0 Å². The van der Waals surface area contributed by atoms with E-state index in [0.717, 1.165) is 6.54 Å². The van der Waals surface area contributed by atoms with E-state index in [1.807, 2.05) is 11.9 Å². The van der Waals surface area contributed by atoms with E-state index in [1.54, 1.807) is 11.8 Å². The standard InChI is InChI=1S/C7H13NOS/c1-3-6-4-8(2)7(9)5-10-6/h6H,3-5H2,1-2H3. The smallest absolute Gasteiger partial charge is 0.232 e. The van der Waals surface area contributed by atoms with Crippen LogP contribution >= 0.6 is 11.8 Å². The molecule has 10 heavy (non-hydrogen) atoms. The Morgan fingerprint density at radius 1 is 1.80 bits per heavy atom. The van der Waals surface area contributed by atoms with E-state index in [9.17, 15) is 4.79 Å². The molecule has 1 unspecified atom stereocenters. The van der Waals surface area contributed by atoms with Crippen LogP contribution < -0.4 is 0 Å². The lowest BCUT2D eigenvalue weighted by Gasteiger charge is -2.28. The molecule has 1 saturated heterocycles. The predicted molar refractivity (Wildman–Crippen MR) is 44.2 cm³/mol. The summed E-state index contributed by atoms with van der Waals surface area (Å²) >= 11 is 1.78. The largest absolute Gasteiger partial charge is 0.344 e. The fourth-order valence-corrected chi connectivity index (χ4v) is 2.17. The molecule has 1 rings (SSSR count). The Balaban J connectivity index is 2.40. The number of rotatable bonds is 1. The molecule has 0 saturated carbocycles. The van der Waals surface area contributed by atoms with Crippen molar-refractivity contribution >= 4 is 17.7 Å². The summed E-state index contributed by atoms with van der Waals surface area (Å²) in [6, 6.07) is 0. The minimum absolute atomic E-state index is 0.273. The molecule has 0 aromatic carbocycles. The highest BCUT2D eigenvalue weighted by Gasteiger charge is 2.21. The zero-order valence-electron chi connectivity index (χ0n) is 6.46. The molecule has 0 radical (unpaired) electrons. The maximum Gasteiger partial charge on any atom is 0.232 e. The van der Waals surface area contributed by atoms with Gasteiger partial charge in [0.05, 0.1) is 5.75 Å². The van der Waals surface area contributed by atoms with Crippen molar-refractivity contribution in [1.29, 1.82) is 0 Å². The minimum atomic E-state index is 0.273. The van der Waals surface area contributed by atoms with Gasteiger partial charge in [0.1, 0.15) is 0 Å². The lowest BCUT2D eigenvalue weighted by molar-refractivity contribution is -0.127.